The molecule has 0 saturated heterocycles. The van der Waals surface area contributed by atoms with Crippen molar-refractivity contribution in [2.45, 2.75) is 19.1 Å². The van der Waals surface area contributed by atoms with Crippen LogP contribution in [0.25, 0.3) is 0 Å². The number of oxime groups is 1. The predicted molar refractivity (Wildman–Crippen MR) is 85.1 cm³/mol. The molecule has 0 aliphatic carbocycles. The molecule has 2 aromatic rings. The Morgan fingerprint density at radius 1 is 1.35 bits per heavy atom. The van der Waals surface area contributed by atoms with E-state index >= 15 is 0 Å². The van der Waals surface area contributed by atoms with E-state index in [2.05, 4.69) is 15.5 Å². The fraction of sp³-hybridized carbons (Fsp3) is 0.235. The SMILES string of the molecule is COc1ccc(C2=NO[C@H](C(=O)NCc3cccnc3)C2)cc1. The smallest absolute Gasteiger partial charge is 0.264 e. The van der Waals surface area contributed by atoms with Gasteiger partial charge in [0.15, 0.2) is 0 Å². The van der Waals surface area contributed by atoms with Crippen LogP contribution in [0.15, 0.2) is 53.9 Å². The summed E-state index contributed by atoms with van der Waals surface area (Å²) in [6.07, 6.45) is 3.27. The van der Waals surface area contributed by atoms with Gasteiger partial charge < -0.3 is 14.9 Å². The third kappa shape index (κ3) is 3.66. The molecule has 118 valence electrons. The average Bonchev–Trinajstić information content (AvgIpc) is 3.11. The summed E-state index contributed by atoms with van der Waals surface area (Å²) in [7, 11) is 1.62. The van der Waals surface area contributed by atoms with E-state index in [1.54, 1.807) is 19.5 Å². The summed E-state index contributed by atoms with van der Waals surface area (Å²) in [5.41, 5.74) is 2.62. The zero-order valence-corrected chi connectivity index (χ0v) is 12.7. The van der Waals surface area contributed by atoms with E-state index in [9.17, 15) is 4.79 Å². The summed E-state index contributed by atoms with van der Waals surface area (Å²) < 4.78 is 5.12. The first-order valence-electron chi connectivity index (χ1n) is 7.30. The minimum atomic E-state index is -0.594. The number of pyridine rings is 1. The molecule has 6 heteroatoms. The van der Waals surface area contributed by atoms with Crippen LogP contribution in [0.3, 0.4) is 0 Å². The Labute approximate surface area is 134 Å². The fourth-order valence-electron chi connectivity index (χ4n) is 2.28. The molecule has 1 aromatic heterocycles. The highest BCUT2D eigenvalue weighted by molar-refractivity contribution is 6.04. The van der Waals surface area contributed by atoms with E-state index in [-0.39, 0.29) is 5.91 Å². The Morgan fingerprint density at radius 2 is 2.17 bits per heavy atom. The molecule has 6 nitrogen and oxygen atoms in total. The number of hydrogen-bond donors (Lipinski definition) is 1. The van der Waals surface area contributed by atoms with Crippen molar-refractivity contribution >= 4 is 11.6 Å². The van der Waals surface area contributed by atoms with Gasteiger partial charge in [0.2, 0.25) is 6.10 Å². The molecule has 0 unspecified atom stereocenters. The van der Waals surface area contributed by atoms with Gasteiger partial charge in [-0.2, -0.15) is 0 Å². The molecule has 1 amide bonds. The Bertz CT molecular complexity index is 699. The van der Waals surface area contributed by atoms with E-state index in [0.717, 1.165) is 22.6 Å². The van der Waals surface area contributed by atoms with Crippen LogP contribution in [0.2, 0.25) is 0 Å². The number of carbonyl (C=O) groups is 1. The molecule has 0 radical (unpaired) electrons. The lowest BCUT2D eigenvalue weighted by Crippen LogP contribution is -2.34. The lowest BCUT2D eigenvalue weighted by atomic mass is 10.0. The number of aromatic nitrogens is 1. The van der Waals surface area contributed by atoms with Crippen LogP contribution in [0.5, 0.6) is 5.75 Å². The van der Waals surface area contributed by atoms with Crippen molar-refractivity contribution in [2.75, 3.05) is 7.11 Å². The summed E-state index contributed by atoms with van der Waals surface area (Å²) >= 11 is 0. The van der Waals surface area contributed by atoms with Crippen LogP contribution in [-0.2, 0) is 16.2 Å². The van der Waals surface area contributed by atoms with E-state index in [1.807, 2.05) is 36.4 Å². The number of carbonyl (C=O) groups excluding carboxylic acids is 1. The number of ether oxygens (including phenoxy) is 1. The molecular formula is C17H17N3O3. The normalized spacial score (nSPS) is 16.4. The van der Waals surface area contributed by atoms with Crippen LogP contribution in [0, 0.1) is 0 Å². The van der Waals surface area contributed by atoms with Gasteiger partial charge in [-0.1, -0.05) is 11.2 Å². The number of benzene rings is 1. The number of rotatable bonds is 5. The van der Waals surface area contributed by atoms with Crippen molar-refractivity contribution in [1.29, 1.82) is 0 Å². The maximum absolute atomic E-state index is 12.1. The monoisotopic (exact) mass is 311 g/mol. The zero-order chi connectivity index (χ0) is 16.1. The molecule has 2 heterocycles. The van der Waals surface area contributed by atoms with Gasteiger partial charge in [-0.15, -0.1) is 0 Å². The van der Waals surface area contributed by atoms with Gasteiger partial charge in [-0.05, 0) is 41.5 Å². The number of amides is 1. The van der Waals surface area contributed by atoms with Crippen molar-refractivity contribution in [3.8, 4) is 5.75 Å². The number of methoxy groups -OCH3 is 1. The van der Waals surface area contributed by atoms with Gasteiger partial charge >= 0.3 is 0 Å². The van der Waals surface area contributed by atoms with E-state index in [1.165, 1.54) is 0 Å². The first-order chi connectivity index (χ1) is 11.3. The van der Waals surface area contributed by atoms with Crippen molar-refractivity contribution in [2.24, 2.45) is 5.16 Å². The Morgan fingerprint density at radius 3 is 2.87 bits per heavy atom. The number of nitrogens with one attached hydrogen (secondary N) is 1. The maximum Gasteiger partial charge on any atom is 0.264 e. The van der Waals surface area contributed by atoms with Crippen LogP contribution < -0.4 is 10.1 Å². The lowest BCUT2D eigenvalue weighted by Gasteiger charge is -2.09. The fourth-order valence-corrected chi connectivity index (χ4v) is 2.28. The summed E-state index contributed by atoms with van der Waals surface area (Å²) in [5, 5.41) is 6.86. The average molecular weight is 311 g/mol. The largest absolute Gasteiger partial charge is 0.497 e. The van der Waals surface area contributed by atoms with Gasteiger partial charge in [0.25, 0.3) is 5.91 Å². The molecule has 0 saturated carbocycles. The first-order valence-corrected chi connectivity index (χ1v) is 7.30. The van der Waals surface area contributed by atoms with E-state index in [4.69, 9.17) is 9.57 Å². The Balaban J connectivity index is 1.54. The third-order valence-corrected chi connectivity index (χ3v) is 3.57. The first kappa shape index (κ1) is 15.0. The summed E-state index contributed by atoms with van der Waals surface area (Å²) in [6.45, 7) is 0.421. The van der Waals surface area contributed by atoms with Crippen molar-refractivity contribution in [3.63, 3.8) is 0 Å². The maximum atomic E-state index is 12.1. The molecule has 3 rings (SSSR count). The number of nitrogens with zero attached hydrogens (tertiary/aromatic N) is 2. The van der Waals surface area contributed by atoms with Gasteiger partial charge in [-0.3, -0.25) is 9.78 Å². The summed E-state index contributed by atoms with van der Waals surface area (Å²) in [5.74, 6) is 0.597. The van der Waals surface area contributed by atoms with Crippen molar-refractivity contribution < 1.29 is 14.4 Å². The predicted octanol–water partition coefficient (Wildman–Crippen LogP) is 1.90. The molecule has 0 fully saturated rings. The molecule has 1 aliphatic rings. The second kappa shape index (κ2) is 6.91. The van der Waals surface area contributed by atoms with Gasteiger partial charge in [0, 0.05) is 25.4 Å². The second-order valence-electron chi connectivity index (χ2n) is 5.14. The third-order valence-electron chi connectivity index (χ3n) is 3.57. The molecular weight excluding hydrogens is 294 g/mol. The zero-order valence-electron chi connectivity index (χ0n) is 12.7. The lowest BCUT2D eigenvalue weighted by molar-refractivity contribution is -0.131. The van der Waals surface area contributed by atoms with Crippen LogP contribution in [0.1, 0.15) is 17.5 Å². The molecule has 1 aromatic carbocycles. The van der Waals surface area contributed by atoms with Gasteiger partial charge in [0.05, 0.1) is 12.8 Å². The van der Waals surface area contributed by atoms with Gasteiger partial charge in [-0.25, -0.2) is 0 Å². The van der Waals surface area contributed by atoms with Crippen molar-refractivity contribution in [3.05, 3.63) is 59.9 Å². The van der Waals surface area contributed by atoms with Crippen LogP contribution in [-0.4, -0.2) is 29.8 Å². The number of hydrogen-bond acceptors (Lipinski definition) is 5. The topological polar surface area (TPSA) is 72.8 Å². The Hall–Kier alpha value is -2.89. The Kier molecular flexibility index (Phi) is 4.52. The molecule has 0 bridgehead atoms. The highest BCUT2D eigenvalue weighted by Gasteiger charge is 2.28. The molecule has 1 N–H and O–H groups in total. The minimum Gasteiger partial charge on any atom is -0.497 e. The minimum absolute atomic E-state index is 0.180. The van der Waals surface area contributed by atoms with E-state index < -0.39 is 6.10 Å². The van der Waals surface area contributed by atoms with Crippen LogP contribution in [0.4, 0.5) is 0 Å². The van der Waals surface area contributed by atoms with E-state index in [0.29, 0.717) is 13.0 Å². The molecule has 23 heavy (non-hydrogen) atoms. The highest BCUT2D eigenvalue weighted by Crippen LogP contribution is 2.19. The van der Waals surface area contributed by atoms with Crippen molar-refractivity contribution in [1.82, 2.24) is 10.3 Å². The van der Waals surface area contributed by atoms with Gasteiger partial charge in [0.1, 0.15) is 5.75 Å². The molecule has 1 aliphatic heterocycles. The summed E-state index contributed by atoms with van der Waals surface area (Å²) in [6, 6.07) is 11.2. The molecule has 0 spiro atoms. The standard InChI is InChI=1S/C17H17N3O3/c1-22-14-6-4-13(5-7-14)15-9-16(23-20-15)17(21)19-11-12-3-2-8-18-10-12/h2-8,10,16H,9,11H2,1H3,(H,19,21)/t16-/m0/s1. The second-order valence-corrected chi connectivity index (χ2v) is 5.14. The molecule has 1 atom stereocenters. The highest BCUT2D eigenvalue weighted by atomic mass is 16.6. The quantitative estimate of drug-likeness (QED) is 0.915. The van der Waals surface area contributed by atoms with Crippen LogP contribution >= 0.6 is 0 Å². The summed E-state index contributed by atoms with van der Waals surface area (Å²) in [4.78, 5) is 21.4.